The van der Waals surface area contributed by atoms with Gasteiger partial charge in [-0.25, -0.2) is 9.97 Å². The zero-order valence-corrected chi connectivity index (χ0v) is 12.4. The molecule has 1 aromatic rings. The molecular formula is C7H13B5Cl2N2O. The van der Waals surface area contributed by atoms with Crippen LogP contribution in [-0.4, -0.2) is 54.6 Å². The third kappa shape index (κ3) is 3.97. The van der Waals surface area contributed by atoms with Crippen LogP contribution in [0.5, 0.6) is 0 Å². The lowest BCUT2D eigenvalue weighted by Gasteiger charge is -2.39. The Morgan fingerprint density at radius 3 is 2.24 bits per heavy atom. The summed E-state index contributed by atoms with van der Waals surface area (Å²) in [7, 11) is 10.5. The van der Waals surface area contributed by atoms with Crippen molar-refractivity contribution >= 4 is 62.4 Å². The Hall–Kier alpha value is -0.0553. The molecule has 0 atom stereocenters. The summed E-state index contributed by atoms with van der Waals surface area (Å²) >= 11 is 11.6. The number of hydrogen-bond donors (Lipinski definition) is 0. The zero-order valence-electron chi connectivity index (χ0n) is 10.8. The molecule has 1 heterocycles. The summed E-state index contributed by atoms with van der Waals surface area (Å²) < 4.78 is 5.89. The van der Waals surface area contributed by atoms with Gasteiger partial charge in [-0.15, -0.1) is 0 Å². The molecule has 0 aliphatic heterocycles. The van der Waals surface area contributed by atoms with Crippen molar-refractivity contribution in [1.29, 1.82) is 0 Å². The molecule has 0 saturated carbocycles. The van der Waals surface area contributed by atoms with E-state index in [2.05, 4.69) is 49.2 Å². The van der Waals surface area contributed by atoms with E-state index < -0.39 is 0 Å². The van der Waals surface area contributed by atoms with Crippen molar-refractivity contribution in [3.8, 4) is 0 Å². The van der Waals surface area contributed by atoms with E-state index in [0.717, 1.165) is 5.56 Å². The van der Waals surface area contributed by atoms with Crippen molar-refractivity contribution in [2.45, 2.75) is 17.1 Å². The van der Waals surface area contributed by atoms with Crippen LogP contribution in [0, 0.1) is 0 Å². The number of nitrogens with zero attached hydrogens (tertiary/aromatic N) is 2. The van der Waals surface area contributed by atoms with Crippen molar-refractivity contribution in [3.05, 3.63) is 22.2 Å². The van der Waals surface area contributed by atoms with E-state index in [1.165, 1.54) is 0 Å². The zero-order chi connectivity index (χ0) is 13.3. The van der Waals surface area contributed by atoms with E-state index in [1.54, 1.807) is 6.20 Å². The van der Waals surface area contributed by atoms with E-state index in [0.29, 0.717) is 11.8 Å². The molecule has 17 heavy (non-hydrogen) atoms. The fourth-order valence-corrected chi connectivity index (χ4v) is 1.30. The summed E-state index contributed by atoms with van der Waals surface area (Å²) in [5, 5.41) is 0.256. The first-order valence-corrected chi connectivity index (χ1v) is 6.20. The minimum Gasteiger partial charge on any atom is -0.389 e. The van der Waals surface area contributed by atoms with Gasteiger partial charge in [-0.05, 0) is 17.0 Å². The maximum atomic E-state index is 5.96. The Morgan fingerprint density at radius 1 is 1.18 bits per heavy atom. The van der Waals surface area contributed by atoms with Crippen LogP contribution in [0.25, 0.3) is 0 Å². The smallest absolute Gasteiger partial charge is 0.223 e. The highest BCUT2D eigenvalue weighted by Gasteiger charge is 2.33. The summed E-state index contributed by atoms with van der Waals surface area (Å²) in [6.07, 6.45) is 1.59. The minimum absolute atomic E-state index is 0.0345. The molecule has 0 fully saturated rings. The maximum Gasteiger partial charge on any atom is 0.223 e. The van der Waals surface area contributed by atoms with Gasteiger partial charge in [-0.3, -0.25) is 0 Å². The van der Waals surface area contributed by atoms with Crippen LogP contribution in [0.4, 0.5) is 0 Å². The molecule has 0 radical (unpaired) electrons. The molecule has 0 N–H and O–H groups in total. The Morgan fingerprint density at radius 2 is 1.76 bits per heavy atom. The lowest BCUT2D eigenvalue weighted by Crippen LogP contribution is -2.48. The van der Waals surface area contributed by atoms with E-state index in [1.807, 2.05) is 0 Å². The van der Waals surface area contributed by atoms with Crippen LogP contribution in [0.1, 0.15) is 5.56 Å². The van der Waals surface area contributed by atoms with Gasteiger partial charge in [0.1, 0.15) is 20.8 Å². The third-order valence-electron chi connectivity index (χ3n) is 3.18. The lowest BCUT2D eigenvalue weighted by molar-refractivity contribution is 0.0641. The molecule has 3 nitrogen and oxygen atoms in total. The first-order valence-electron chi connectivity index (χ1n) is 5.44. The molecule has 0 saturated heterocycles. The summed E-state index contributed by atoms with van der Waals surface area (Å²) in [5.74, 6) is 0. The van der Waals surface area contributed by atoms with Gasteiger partial charge < -0.3 is 4.74 Å². The predicted molar refractivity (Wildman–Crippen MR) is 85.0 cm³/mol. The van der Waals surface area contributed by atoms with Crippen LogP contribution in [0.3, 0.4) is 0 Å². The van der Waals surface area contributed by atoms with Crippen molar-refractivity contribution in [1.82, 2.24) is 9.97 Å². The average molecular weight is 266 g/mol. The molecular weight excluding hydrogens is 253 g/mol. The predicted octanol–water partition coefficient (Wildman–Crippen LogP) is -2.81. The van der Waals surface area contributed by atoms with Crippen LogP contribution in [0.15, 0.2) is 6.20 Å². The van der Waals surface area contributed by atoms with Crippen molar-refractivity contribution in [2.75, 3.05) is 0 Å². The number of ether oxygens (including phenoxy) is 1. The lowest BCUT2D eigenvalue weighted by atomic mass is 9.28. The molecule has 0 aromatic carbocycles. The molecule has 10 heteroatoms. The average Bonchev–Trinajstić information content (AvgIpc) is 2.14. The second-order valence-electron chi connectivity index (χ2n) is 5.50. The van der Waals surface area contributed by atoms with Gasteiger partial charge in [0, 0.05) is 11.8 Å². The second-order valence-corrected chi connectivity index (χ2v) is 6.20. The molecule has 0 aliphatic carbocycles. The van der Waals surface area contributed by atoms with Gasteiger partial charge in [0.15, 0.2) is 0 Å². The summed E-state index contributed by atoms with van der Waals surface area (Å²) in [5.41, 5.74) is 0.744. The highest BCUT2D eigenvalue weighted by Crippen LogP contribution is 2.27. The molecule has 0 unspecified atom stereocenters. The summed E-state index contributed by atoms with van der Waals surface area (Å²) in [6, 6.07) is 0. The second kappa shape index (κ2) is 5.29. The van der Waals surface area contributed by atoms with Crippen LogP contribution < -0.4 is 0 Å². The third-order valence-corrected chi connectivity index (χ3v) is 3.69. The first kappa shape index (κ1) is 15.0. The molecule has 1 rings (SSSR count). The number of aromatic nitrogens is 2. The fourth-order valence-electron chi connectivity index (χ4n) is 0.938. The Labute approximate surface area is 116 Å². The number of rotatable bonds is 4. The molecule has 1 aromatic heterocycles. The largest absolute Gasteiger partial charge is 0.389 e. The maximum absolute atomic E-state index is 5.96. The quantitative estimate of drug-likeness (QED) is 0.335. The standard InChI is InChI=1S/C7H13B5Cl2N2O/c8-6(9,10)7(11,12)17-2-3-1-15-5(14)16-4(3)13/h1H,2,8-12H2. The molecule has 86 valence electrons. The van der Waals surface area contributed by atoms with E-state index in [-0.39, 0.29) is 15.8 Å². The number of hydrogen-bond acceptors (Lipinski definition) is 3. The SMILES string of the molecule is BC(B)(B)C(B)(B)OCc1cnc(Cl)nc1Cl. The van der Waals surface area contributed by atoms with Crippen LogP contribution in [0.2, 0.25) is 15.5 Å². The van der Waals surface area contributed by atoms with Gasteiger partial charge in [-0.2, -0.15) is 0 Å². The normalized spacial score (nSPS) is 12.6. The van der Waals surface area contributed by atoms with Gasteiger partial charge >= 0.3 is 0 Å². The van der Waals surface area contributed by atoms with Crippen LogP contribution in [-0.2, 0) is 11.3 Å². The van der Waals surface area contributed by atoms with Crippen molar-refractivity contribution in [2.24, 2.45) is 0 Å². The number of halogens is 2. The van der Waals surface area contributed by atoms with Crippen molar-refractivity contribution in [3.63, 3.8) is 0 Å². The molecule has 0 bridgehead atoms. The first-order chi connectivity index (χ1) is 7.63. The summed E-state index contributed by atoms with van der Waals surface area (Å²) in [4.78, 5) is 7.77. The Balaban J connectivity index is 2.74. The van der Waals surface area contributed by atoms with Gasteiger partial charge in [0.05, 0.1) is 30.1 Å². The molecule has 0 spiro atoms. The molecule has 0 amide bonds. The van der Waals surface area contributed by atoms with Gasteiger partial charge in [-0.1, -0.05) is 16.7 Å². The van der Waals surface area contributed by atoms with E-state index >= 15 is 0 Å². The monoisotopic (exact) mass is 266 g/mol. The summed E-state index contributed by atoms with van der Waals surface area (Å²) in [6.45, 7) is 0.375. The minimum atomic E-state index is -0.268. The highest BCUT2D eigenvalue weighted by molar-refractivity contribution is 6.66. The fraction of sp³-hybridized carbons (Fsp3) is 0.429. The Kier molecular flexibility index (Phi) is 4.67. The molecule has 0 aliphatic rings. The van der Waals surface area contributed by atoms with Crippen molar-refractivity contribution < 1.29 is 4.74 Å². The van der Waals surface area contributed by atoms with Gasteiger partial charge in [0.2, 0.25) is 5.28 Å². The van der Waals surface area contributed by atoms with E-state index in [4.69, 9.17) is 27.9 Å². The van der Waals surface area contributed by atoms with E-state index in [9.17, 15) is 0 Å². The van der Waals surface area contributed by atoms with Crippen LogP contribution >= 0.6 is 23.2 Å². The topological polar surface area (TPSA) is 35.0 Å². The van der Waals surface area contributed by atoms with Gasteiger partial charge in [0.25, 0.3) is 0 Å². The highest BCUT2D eigenvalue weighted by atomic mass is 35.5. The Bertz CT molecular complexity index is 412.